The lowest BCUT2D eigenvalue weighted by atomic mass is 10.1. The van der Waals surface area contributed by atoms with Crippen LogP contribution in [0, 0.1) is 5.92 Å². The fourth-order valence-corrected chi connectivity index (χ4v) is 1.51. The lowest BCUT2D eigenvalue weighted by Gasteiger charge is -1.93. The summed E-state index contributed by atoms with van der Waals surface area (Å²) in [5.74, 6) is 0.833. The lowest BCUT2D eigenvalue weighted by Crippen LogP contribution is -1.77. The Labute approximate surface area is 109 Å². The van der Waals surface area contributed by atoms with Crippen LogP contribution in [0.15, 0.2) is 24.3 Å². The van der Waals surface area contributed by atoms with Crippen molar-refractivity contribution in [3.63, 3.8) is 0 Å². The van der Waals surface area contributed by atoms with Gasteiger partial charge in [0.15, 0.2) is 0 Å². The van der Waals surface area contributed by atoms with Gasteiger partial charge in [-0.15, -0.1) is 0 Å². The van der Waals surface area contributed by atoms with Gasteiger partial charge in [0, 0.05) is 0 Å². The molecule has 100 valence electrons. The van der Waals surface area contributed by atoms with Crippen LogP contribution in [0.4, 0.5) is 0 Å². The molecule has 0 heteroatoms. The number of benzene rings is 1. The van der Waals surface area contributed by atoms with Gasteiger partial charge in [0.2, 0.25) is 0 Å². The Morgan fingerprint density at radius 3 is 1.35 bits per heavy atom. The van der Waals surface area contributed by atoms with Crippen LogP contribution in [0.2, 0.25) is 0 Å². The molecule has 0 spiro atoms. The quantitative estimate of drug-likeness (QED) is 0.527. The van der Waals surface area contributed by atoms with Gasteiger partial charge >= 0.3 is 0 Å². The maximum absolute atomic E-state index is 2.24. The Morgan fingerprint density at radius 1 is 0.765 bits per heavy atom. The Kier molecular flexibility index (Phi) is 14.5. The van der Waals surface area contributed by atoms with Crippen LogP contribution < -0.4 is 0 Å². The second-order valence-corrected chi connectivity index (χ2v) is 4.35. The minimum absolute atomic E-state index is 0.833. The van der Waals surface area contributed by atoms with E-state index in [-0.39, 0.29) is 0 Å². The van der Waals surface area contributed by atoms with Crippen LogP contribution in [0.25, 0.3) is 0 Å². The van der Waals surface area contributed by atoms with E-state index in [0.29, 0.717) is 0 Å². The molecule has 0 fully saturated rings. The zero-order chi connectivity index (χ0) is 13.7. The topological polar surface area (TPSA) is 0 Å². The van der Waals surface area contributed by atoms with Crippen molar-refractivity contribution < 1.29 is 0 Å². The molecular weight excluding hydrogens is 204 g/mol. The first-order valence-electron chi connectivity index (χ1n) is 7.27. The summed E-state index contributed by atoms with van der Waals surface area (Å²) >= 11 is 0. The highest BCUT2D eigenvalue weighted by Gasteiger charge is 2.07. The monoisotopic (exact) mass is 236 g/mol. The minimum Gasteiger partial charge on any atom is -0.0683 e. The fourth-order valence-electron chi connectivity index (χ4n) is 1.51. The Hall–Kier alpha value is -0.780. The van der Waals surface area contributed by atoms with Crippen molar-refractivity contribution in [3.8, 4) is 0 Å². The molecule has 0 nitrogen and oxygen atoms in total. The average Bonchev–Trinajstić information content (AvgIpc) is 2.81. The molecular formula is C17H32. The normalized spacial score (nSPS) is 11.1. The zero-order valence-corrected chi connectivity index (χ0v) is 13.0. The summed E-state index contributed by atoms with van der Waals surface area (Å²) in [7, 11) is 0. The first kappa shape index (κ1) is 18.6. The number of hydrogen-bond donors (Lipinski definition) is 0. The van der Waals surface area contributed by atoms with E-state index in [1.807, 2.05) is 27.7 Å². The van der Waals surface area contributed by atoms with Crippen LogP contribution in [-0.2, 0) is 12.8 Å². The van der Waals surface area contributed by atoms with Gasteiger partial charge in [0.05, 0.1) is 0 Å². The van der Waals surface area contributed by atoms with Crippen molar-refractivity contribution in [1.82, 2.24) is 0 Å². The molecule has 1 aliphatic rings. The van der Waals surface area contributed by atoms with Crippen LogP contribution in [0.5, 0.6) is 0 Å². The van der Waals surface area contributed by atoms with Gasteiger partial charge in [0.1, 0.15) is 0 Å². The second kappa shape index (κ2) is 13.3. The molecule has 2 rings (SSSR count). The van der Waals surface area contributed by atoms with Crippen LogP contribution in [-0.4, -0.2) is 0 Å². The number of rotatable bonds is 0. The standard InChI is InChI=1S/C9H10.C4H10.2C2H6/c1-2-5-9-7-3-6-8(9)4-1;1-4(2)3;2*1-2/h1-2,4-5H,3,6-7H2;4H,1-3H3;2*1-2H3. The van der Waals surface area contributed by atoms with Crippen LogP contribution >= 0.6 is 0 Å². The third-order valence-corrected chi connectivity index (χ3v) is 2.01. The molecule has 0 heterocycles. The van der Waals surface area contributed by atoms with Crippen LogP contribution in [0.3, 0.4) is 0 Å². The highest BCUT2D eigenvalue weighted by atomic mass is 14.1. The molecule has 0 saturated heterocycles. The lowest BCUT2D eigenvalue weighted by molar-refractivity contribution is 0.737. The van der Waals surface area contributed by atoms with Gasteiger partial charge in [-0.2, -0.15) is 0 Å². The summed E-state index contributed by atoms with van der Waals surface area (Å²) in [4.78, 5) is 0. The Morgan fingerprint density at radius 2 is 1.06 bits per heavy atom. The first-order valence-corrected chi connectivity index (χ1v) is 7.27. The molecule has 0 saturated carbocycles. The molecule has 1 aliphatic carbocycles. The molecule has 0 bridgehead atoms. The van der Waals surface area contributed by atoms with Crippen molar-refractivity contribution in [2.75, 3.05) is 0 Å². The van der Waals surface area contributed by atoms with Gasteiger partial charge in [0.25, 0.3) is 0 Å². The summed E-state index contributed by atoms with van der Waals surface area (Å²) in [5.41, 5.74) is 3.13. The molecule has 0 unspecified atom stereocenters. The summed E-state index contributed by atoms with van der Waals surface area (Å²) < 4.78 is 0. The Balaban J connectivity index is 0. The molecule has 0 atom stereocenters. The highest BCUT2D eigenvalue weighted by molar-refractivity contribution is 5.30. The van der Waals surface area contributed by atoms with Crippen LogP contribution in [0.1, 0.15) is 66.0 Å². The predicted octanol–water partition coefficient (Wildman–Crippen LogP) is 5.89. The van der Waals surface area contributed by atoms with E-state index in [1.54, 1.807) is 11.1 Å². The summed E-state index contributed by atoms with van der Waals surface area (Å²) in [6.07, 6.45) is 3.96. The first-order chi connectivity index (χ1) is 8.20. The smallest absolute Gasteiger partial charge is 0.0273 e. The van der Waals surface area contributed by atoms with E-state index < -0.39 is 0 Å². The van der Waals surface area contributed by atoms with Crippen molar-refractivity contribution in [1.29, 1.82) is 0 Å². The largest absolute Gasteiger partial charge is 0.0683 e. The van der Waals surface area contributed by atoms with E-state index in [4.69, 9.17) is 0 Å². The number of fused-ring (bicyclic) bond motifs is 1. The molecule has 0 aliphatic heterocycles. The average molecular weight is 236 g/mol. The molecule has 1 aromatic rings. The van der Waals surface area contributed by atoms with Gasteiger partial charge in [-0.1, -0.05) is 72.7 Å². The van der Waals surface area contributed by atoms with E-state index in [9.17, 15) is 0 Å². The third-order valence-electron chi connectivity index (χ3n) is 2.01. The second-order valence-electron chi connectivity index (χ2n) is 4.35. The molecule has 0 aromatic heterocycles. The zero-order valence-electron chi connectivity index (χ0n) is 13.0. The fraction of sp³-hybridized carbons (Fsp3) is 0.647. The maximum atomic E-state index is 2.24. The molecule has 17 heavy (non-hydrogen) atoms. The number of hydrogen-bond acceptors (Lipinski definition) is 0. The highest BCUT2D eigenvalue weighted by Crippen LogP contribution is 2.20. The van der Waals surface area contributed by atoms with Gasteiger partial charge in [-0.25, -0.2) is 0 Å². The summed E-state index contributed by atoms with van der Waals surface area (Å²) in [5, 5.41) is 0. The van der Waals surface area contributed by atoms with Crippen molar-refractivity contribution in [2.24, 2.45) is 5.92 Å². The van der Waals surface area contributed by atoms with E-state index in [2.05, 4.69) is 45.0 Å². The maximum Gasteiger partial charge on any atom is -0.0273 e. The predicted molar refractivity (Wildman–Crippen MR) is 81.7 cm³/mol. The van der Waals surface area contributed by atoms with Crippen molar-refractivity contribution >= 4 is 0 Å². The molecule has 1 aromatic carbocycles. The molecule has 0 N–H and O–H groups in total. The van der Waals surface area contributed by atoms with E-state index in [0.717, 1.165) is 5.92 Å². The molecule has 0 radical (unpaired) electrons. The summed E-state index contributed by atoms with van der Waals surface area (Å²) in [6, 6.07) is 8.74. The van der Waals surface area contributed by atoms with Gasteiger partial charge in [-0.3, -0.25) is 0 Å². The molecule has 0 amide bonds. The van der Waals surface area contributed by atoms with Gasteiger partial charge < -0.3 is 0 Å². The van der Waals surface area contributed by atoms with Crippen molar-refractivity contribution in [3.05, 3.63) is 35.4 Å². The summed E-state index contributed by atoms with van der Waals surface area (Å²) in [6.45, 7) is 14.5. The Bertz CT molecular complexity index is 222. The minimum atomic E-state index is 0.833. The third kappa shape index (κ3) is 10.1. The van der Waals surface area contributed by atoms with E-state index >= 15 is 0 Å². The SMILES string of the molecule is CC.CC.CC(C)C.c1ccc2c(c1)CCC2. The van der Waals surface area contributed by atoms with E-state index in [1.165, 1.54) is 19.3 Å². The van der Waals surface area contributed by atoms with Gasteiger partial charge in [-0.05, 0) is 36.3 Å². The van der Waals surface area contributed by atoms with Crippen molar-refractivity contribution in [2.45, 2.75) is 67.7 Å². The number of aryl methyl sites for hydroxylation is 2.